The zero-order valence-electron chi connectivity index (χ0n) is 10.3. The predicted molar refractivity (Wildman–Crippen MR) is 80.2 cm³/mol. The van der Waals surface area contributed by atoms with Crippen molar-refractivity contribution in [1.82, 2.24) is 4.90 Å². The van der Waals surface area contributed by atoms with E-state index < -0.39 is 0 Å². The van der Waals surface area contributed by atoms with Gasteiger partial charge in [0, 0.05) is 35.2 Å². The Hall–Kier alpha value is -1.07. The van der Waals surface area contributed by atoms with Crippen LogP contribution in [0.4, 0.5) is 0 Å². The van der Waals surface area contributed by atoms with E-state index in [-0.39, 0.29) is 5.91 Å². The van der Waals surface area contributed by atoms with Crippen LogP contribution >= 0.6 is 24.0 Å². The Morgan fingerprint density at radius 3 is 2.56 bits per heavy atom. The first-order valence-corrected chi connectivity index (χ1v) is 7.44. The Morgan fingerprint density at radius 1 is 1.39 bits per heavy atom. The molecule has 1 atom stereocenters. The van der Waals surface area contributed by atoms with Gasteiger partial charge >= 0.3 is 0 Å². The van der Waals surface area contributed by atoms with Crippen LogP contribution in [-0.2, 0) is 0 Å². The Kier molecular flexibility index (Phi) is 4.24. The number of rotatable bonds is 2. The second kappa shape index (κ2) is 5.71. The van der Waals surface area contributed by atoms with E-state index in [4.69, 9.17) is 18.0 Å². The van der Waals surface area contributed by atoms with E-state index in [9.17, 15) is 4.79 Å². The Morgan fingerprint density at radius 2 is 2.00 bits per heavy atom. The smallest absolute Gasteiger partial charge is 0.254 e. The van der Waals surface area contributed by atoms with Crippen LogP contribution in [0, 0.1) is 0 Å². The molecule has 1 saturated heterocycles. The summed E-state index contributed by atoms with van der Waals surface area (Å²) in [6.07, 6.45) is 0. The van der Waals surface area contributed by atoms with Crippen molar-refractivity contribution in [3.8, 4) is 0 Å². The molecule has 0 radical (unpaired) electrons. The van der Waals surface area contributed by atoms with Crippen LogP contribution in [-0.4, -0.2) is 39.9 Å². The fraction of sp³-hybridized carbons (Fsp3) is 0.385. The standard InChI is InChI=1S/C13H16N2OS2/c1-9-8-18-7-6-15(9)13(16)11-4-2-10(3-5-11)12(14)17/h2-5,9H,6-8H2,1H3,(H2,14,17). The number of carbonyl (C=O) groups is 1. The number of nitrogens with two attached hydrogens (primary N) is 1. The Bertz CT molecular complexity index is 459. The first-order chi connectivity index (χ1) is 8.59. The first kappa shape index (κ1) is 13.4. The molecule has 1 aliphatic heterocycles. The van der Waals surface area contributed by atoms with Crippen molar-refractivity contribution in [2.24, 2.45) is 5.73 Å². The van der Waals surface area contributed by atoms with Gasteiger partial charge in [0.1, 0.15) is 4.99 Å². The van der Waals surface area contributed by atoms with E-state index in [0.717, 1.165) is 23.6 Å². The summed E-state index contributed by atoms with van der Waals surface area (Å²) in [5.41, 5.74) is 7.04. The van der Waals surface area contributed by atoms with Gasteiger partial charge in [-0.05, 0) is 19.1 Å². The van der Waals surface area contributed by atoms with Gasteiger partial charge in [-0.3, -0.25) is 4.79 Å². The lowest BCUT2D eigenvalue weighted by atomic mass is 10.1. The van der Waals surface area contributed by atoms with Crippen molar-refractivity contribution in [1.29, 1.82) is 0 Å². The van der Waals surface area contributed by atoms with Gasteiger partial charge in [-0.25, -0.2) is 0 Å². The summed E-state index contributed by atoms with van der Waals surface area (Å²) >= 11 is 6.79. The SMILES string of the molecule is CC1CSCCN1C(=O)c1ccc(C(N)=S)cc1. The molecule has 1 unspecified atom stereocenters. The topological polar surface area (TPSA) is 46.3 Å². The van der Waals surface area contributed by atoms with Gasteiger partial charge in [0.25, 0.3) is 5.91 Å². The van der Waals surface area contributed by atoms with E-state index >= 15 is 0 Å². The molecule has 2 N–H and O–H groups in total. The summed E-state index contributed by atoms with van der Waals surface area (Å²) in [6.45, 7) is 2.91. The second-order valence-corrected chi connectivity index (χ2v) is 5.95. The number of nitrogens with zero attached hydrogens (tertiary/aromatic N) is 1. The second-order valence-electron chi connectivity index (χ2n) is 4.36. The van der Waals surface area contributed by atoms with Gasteiger partial charge in [-0.1, -0.05) is 24.4 Å². The predicted octanol–water partition coefficient (Wildman–Crippen LogP) is 1.90. The fourth-order valence-electron chi connectivity index (χ4n) is 1.97. The maximum atomic E-state index is 12.3. The average Bonchev–Trinajstić information content (AvgIpc) is 2.38. The molecule has 1 fully saturated rings. The third-order valence-corrected chi connectivity index (χ3v) is 4.47. The van der Waals surface area contributed by atoms with Gasteiger partial charge in [0.15, 0.2) is 0 Å². The van der Waals surface area contributed by atoms with E-state index in [1.165, 1.54) is 0 Å². The number of benzene rings is 1. The van der Waals surface area contributed by atoms with Crippen molar-refractivity contribution in [2.75, 3.05) is 18.1 Å². The lowest BCUT2D eigenvalue weighted by Gasteiger charge is -2.33. The van der Waals surface area contributed by atoms with Crippen LogP contribution in [0.15, 0.2) is 24.3 Å². The molecule has 18 heavy (non-hydrogen) atoms. The molecule has 96 valence electrons. The molecule has 1 heterocycles. The normalized spacial score (nSPS) is 19.6. The Labute approximate surface area is 117 Å². The van der Waals surface area contributed by atoms with Crippen molar-refractivity contribution in [2.45, 2.75) is 13.0 Å². The van der Waals surface area contributed by atoms with Crippen LogP contribution in [0.3, 0.4) is 0 Å². The van der Waals surface area contributed by atoms with Crippen LogP contribution < -0.4 is 5.73 Å². The Balaban J connectivity index is 2.15. The van der Waals surface area contributed by atoms with Gasteiger partial charge in [0.05, 0.1) is 0 Å². The number of carbonyl (C=O) groups excluding carboxylic acids is 1. The zero-order chi connectivity index (χ0) is 13.1. The average molecular weight is 280 g/mol. The molecule has 0 bridgehead atoms. The quantitative estimate of drug-likeness (QED) is 0.841. The van der Waals surface area contributed by atoms with Crippen molar-refractivity contribution >= 4 is 34.9 Å². The summed E-state index contributed by atoms with van der Waals surface area (Å²) in [5.74, 6) is 2.12. The molecule has 1 aromatic carbocycles. The lowest BCUT2D eigenvalue weighted by Crippen LogP contribution is -2.44. The first-order valence-electron chi connectivity index (χ1n) is 5.88. The van der Waals surface area contributed by atoms with Gasteiger partial charge in [-0.2, -0.15) is 11.8 Å². The van der Waals surface area contributed by atoms with Crippen LogP contribution in [0.1, 0.15) is 22.8 Å². The summed E-state index contributed by atoms with van der Waals surface area (Å²) in [6, 6.07) is 7.50. The molecule has 5 heteroatoms. The highest BCUT2D eigenvalue weighted by molar-refractivity contribution is 7.99. The third-order valence-electron chi connectivity index (χ3n) is 3.04. The number of thiocarbonyl (C=S) groups is 1. The molecule has 0 spiro atoms. The molecule has 0 aliphatic carbocycles. The maximum absolute atomic E-state index is 12.3. The largest absolute Gasteiger partial charge is 0.389 e. The molecule has 0 saturated carbocycles. The highest BCUT2D eigenvalue weighted by atomic mass is 32.2. The minimum Gasteiger partial charge on any atom is -0.389 e. The molecular weight excluding hydrogens is 264 g/mol. The molecule has 1 amide bonds. The van der Waals surface area contributed by atoms with Crippen LogP contribution in [0.2, 0.25) is 0 Å². The van der Waals surface area contributed by atoms with Crippen molar-refractivity contribution < 1.29 is 4.79 Å². The highest BCUT2D eigenvalue weighted by Crippen LogP contribution is 2.18. The van der Waals surface area contributed by atoms with Gasteiger partial charge in [0.2, 0.25) is 0 Å². The number of thioether (sulfide) groups is 1. The zero-order valence-corrected chi connectivity index (χ0v) is 11.9. The van der Waals surface area contributed by atoms with E-state index in [1.54, 1.807) is 24.3 Å². The summed E-state index contributed by atoms with van der Waals surface area (Å²) in [5, 5.41) is 0. The van der Waals surface area contributed by atoms with E-state index in [1.807, 2.05) is 16.7 Å². The van der Waals surface area contributed by atoms with Gasteiger partial charge in [-0.15, -0.1) is 0 Å². The maximum Gasteiger partial charge on any atom is 0.254 e. The fourth-order valence-corrected chi connectivity index (χ4v) is 3.12. The van der Waals surface area contributed by atoms with Crippen LogP contribution in [0.5, 0.6) is 0 Å². The summed E-state index contributed by atoms with van der Waals surface area (Å²) in [7, 11) is 0. The highest BCUT2D eigenvalue weighted by Gasteiger charge is 2.24. The minimum absolute atomic E-state index is 0.0947. The lowest BCUT2D eigenvalue weighted by molar-refractivity contribution is 0.0716. The third kappa shape index (κ3) is 2.84. The number of hydrogen-bond acceptors (Lipinski definition) is 3. The molecule has 3 nitrogen and oxygen atoms in total. The van der Waals surface area contributed by atoms with Crippen molar-refractivity contribution in [3.63, 3.8) is 0 Å². The van der Waals surface area contributed by atoms with E-state index in [0.29, 0.717) is 16.6 Å². The number of hydrogen-bond donors (Lipinski definition) is 1. The van der Waals surface area contributed by atoms with Gasteiger partial charge < -0.3 is 10.6 Å². The monoisotopic (exact) mass is 280 g/mol. The van der Waals surface area contributed by atoms with Crippen LogP contribution in [0.25, 0.3) is 0 Å². The number of amides is 1. The molecule has 2 rings (SSSR count). The molecule has 0 aromatic heterocycles. The minimum atomic E-state index is 0.0947. The summed E-state index contributed by atoms with van der Waals surface area (Å²) in [4.78, 5) is 14.6. The molecule has 1 aromatic rings. The molecular formula is C13H16N2OS2. The molecule has 1 aliphatic rings. The van der Waals surface area contributed by atoms with Crippen molar-refractivity contribution in [3.05, 3.63) is 35.4 Å². The van der Waals surface area contributed by atoms with E-state index in [2.05, 4.69) is 6.92 Å². The summed E-state index contributed by atoms with van der Waals surface area (Å²) < 4.78 is 0.